The molecule has 8 heteroatoms. The molecule has 0 unspecified atom stereocenters. The molecule has 2 fully saturated rings. The number of nitrogens with zero attached hydrogens (tertiary/aromatic N) is 6. The zero-order chi connectivity index (χ0) is 23.3. The van der Waals surface area contributed by atoms with Gasteiger partial charge in [0.1, 0.15) is 5.75 Å². The molecule has 1 atom stereocenters. The fourth-order valence-corrected chi connectivity index (χ4v) is 5.08. The first-order chi connectivity index (χ1) is 16.7. The molecule has 2 aliphatic heterocycles. The zero-order valence-electron chi connectivity index (χ0n) is 19.9. The lowest BCUT2D eigenvalue weighted by molar-refractivity contribution is 0.196. The molecule has 0 radical (unpaired) electrons. The minimum Gasteiger partial charge on any atom is -0.497 e. The Hall–Kier alpha value is -3.26. The van der Waals surface area contributed by atoms with Crippen LogP contribution in [0.3, 0.4) is 0 Å². The van der Waals surface area contributed by atoms with Crippen LogP contribution < -0.4 is 15.4 Å². The van der Waals surface area contributed by atoms with Crippen molar-refractivity contribution >= 4 is 11.9 Å². The topological polar surface area (TPSA) is 93.3 Å². The van der Waals surface area contributed by atoms with Gasteiger partial charge in [0.2, 0.25) is 11.9 Å². The van der Waals surface area contributed by atoms with Crippen molar-refractivity contribution in [1.29, 1.82) is 0 Å². The number of aromatic nitrogens is 4. The fraction of sp³-hybridized carbons (Fsp3) is 0.462. The third kappa shape index (κ3) is 5.12. The molecule has 0 saturated carbocycles. The Morgan fingerprint density at radius 3 is 2.59 bits per heavy atom. The zero-order valence-corrected chi connectivity index (χ0v) is 19.9. The molecule has 0 spiro atoms. The molecule has 34 heavy (non-hydrogen) atoms. The predicted octanol–water partition coefficient (Wildman–Crippen LogP) is 3.89. The Balaban J connectivity index is 1.33. The molecule has 3 aromatic rings. The van der Waals surface area contributed by atoms with E-state index in [0.29, 0.717) is 11.9 Å². The molecule has 2 saturated heterocycles. The first-order valence-corrected chi connectivity index (χ1v) is 12.3. The molecule has 2 aromatic heterocycles. The Kier molecular flexibility index (Phi) is 6.85. The van der Waals surface area contributed by atoms with Crippen molar-refractivity contribution in [3.05, 3.63) is 54.1 Å². The summed E-state index contributed by atoms with van der Waals surface area (Å²) in [4.78, 5) is 23.2. The van der Waals surface area contributed by atoms with E-state index in [4.69, 9.17) is 20.4 Å². The Labute approximate surface area is 201 Å². The highest BCUT2D eigenvalue weighted by molar-refractivity contribution is 5.67. The second-order valence-corrected chi connectivity index (χ2v) is 9.23. The second-order valence-electron chi connectivity index (χ2n) is 9.23. The van der Waals surface area contributed by atoms with E-state index in [1.54, 1.807) is 7.11 Å². The number of nitrogens with two attached hydrogens (primary N) is 1. The average Bonchev–Trinajstić information content (AvgIpc) is 2.89. The van der Waals surface area contributed by atoms with Crippen LogP contribution in [0.5, 0.6) is 5.75 Å². The lowest BCUT2D eigenvalue weighted by atomic mass is 9.90. The number of rotatable bonds is 6. The van der Waals surface area contributed by atoms with E-state index >= 15 is 0 Å². The molecule has 2 aliphatic rings. The molecule has 0 amide bonds. The lowest BCUT2D eigenvalue weighted by Crippen LogP contribution is -2.35. The third-order valence-electron chi connectivity index (χ3n) is 6.86. The van der Waals surface area contributed by atoms with E-state index in [1.165, 1.54) is 19.3 Å². The van der Waals surface area contributed by atoms with Crippen molar-refractivity contribution in [2.75, 3.05) is 43.9 Å². The van der Waals surface area contributed by atoms with E-state index in [-0.39, 0.29) is 0 Å². The number of anilines is 2. The number of ether oxygens (including phenoxy) is 1. The van der Waals surface area contributed by atoms with Gasteiger partial charge in [0.05, 0.1) is 18.5 Å². The molecule has 0 aliphatic carbocycles. The summed E-state index contributed by atoms with van der Waals surface area (Å²) in [5.41, 5.74) is 10.2. The number of likely N-dealkylation sites (tertiary alicyclic amines) is 1. The minimum absolute atomic E-state index is 0.291. The van der Waals surface area contributed by atoms with Gasteiger partial charge in [0.25, 0.3) is 0 Å². The highest BCUT2D eigenvalue weighted by atomic mass is 16.5. The summed E-state index contributed by atoms with van der Waals surface area (Å²) in [6.45, 7) is 4.90. The van der Waals surface area contributed by atoms with E-state index < -0.39 is 0 Å². The van der Waals surface area contributed by atoms with Crippen molar-refractivity contribution in [1.82, 2.24) is 24.8 Å². The summed E-state index contributed by atoms with van der Waals surface area (Å²) in [6.07, 6.45) is 9.70. The highest BCUT2D eigenvalue weighted by Crippen LogP contribution is 2.34. The van der Waals surface area contributed by atoms with Gasteiger partial charge in [-0.2, -0.15) is 0 Å². The maximum atomic E-state index is 6.03. The largest absolute Gasteiger partial charge is 0.497 e. The normalized spacial score (nSPS) is 19.2. The van der Waals surface area contributed by atoms with Crippen LogP contribution in [0.15, 0.2) is 42.7 Å². The third-order valence-corrected chi connectivity index (χ3v) is 6.86. The van der Waals surface area contributed by atoms with Gasteiger partial charge < -0.3 is 15.4 Å². The summed E-state index contributed by atoms with van der Waals surface area (Å²) >= 11 is 0. The average molecular weight is 460 g/mol. The molecule has 4 heterocycles. The quantitative estimate of drug-likeness (QED) is 0.593. The number of piperidine rings is 2. The van der Waals surface area contributed by atoms with Crippen LogP contribution >= 0.6 is 0 Å². The summed E-state index contributed by atoms with van der Waals surface area (Å²) in [5.74, 6) is 2.32. The van der Waals surface area contributed by atoms with E-state index in [0.717, 1.165) is 79.8 Å². The van der Waals surface area contributed by atoms with Gasteiger partial charge in [0, 0.05) is 50.1 Å². The predicted molar refractivity (Wildman–Crippen MR) is 134 cm³/mol. The lowest BCUT2D eigenvalue weighted by Gasteiger charge is -2.33. The summed E-state index contributed by atoms with van der Waals surface area (Å²) in [5, 5.41) is 0. The molecule has 0 bridgehead atoms. The number of nitrogen functional groups attached to an aromatic ring is 1. The monoisotopic (exact) mass is 459 g/mol. The van der Waals surface area contributed by atoms with Crippen molar-refractivity contribution in [3.8, 4) is 16.9 Å². The van der Waals surface area contributed by atoms with Crippen molar-refractivity contribution in [2.45, 2.75) is 44.6 Å². The minimum atomic E-state index is 0.291. The van der Waals surface area contributed by atoms with Gasteiger partial charge in [-0.25, -0.2) is 19.9 Å². The molecular formula is C26H33N7O. The Bertz CT molecular complexity index is 1100. The van der Waals surface area contributed by atoms with Crippen LogP contribution in [0.4, 0.5) is 11.9 Å². The molecule has 178 valence electrons. The van der Waals surface area contributed by atoms with Crippen LogP contribution in [-0.2, 0) is 6.54 Å². The van der Waals surface area contributed by atoms with E-state index in [9.17, 15) is 0 Å². The van der Waals surface area contributed by atoms with Gasteiger partial charge in [-0.1, -0.05) is 12.1 Å². The van der Waals surface area contributed by atoms with Crippen molar-refractivity contribution < 1.29 is 4.74 Å². The van der Waals surface area contributed by atoms with Gasteiger partial charge in [-0.15, -0.1) is 0 Å². The van der Waals surface area contributed by atoms with Crippen molar-refractivity contribution in [3.63, 3.8) is 0 Å². The van der Waals surface area contributed by atoms with Gasteiger partial charge in [0.15, 0.2) is 0 Å². The van der Waals surface area contributed by atoms with Gasteiger partial charge in [-0.3, -0.25) is 4.90 Å². The molecule has 1 aromatic carbocycles. The van der Waals surface area contributed by atoms with Crippen LogP contribution in [0.1, 0.15) is 49.4 Å². The Morgan fingerprint density at radius 1 is 0.971 bits per heavy atom. The maximum Gasteiger partial charge on any atom is 0.225 e. The number of benzene rings is 1. The summed E-state index contributed by atoms with van der Waals surface area (Å²) < 4.78 is 5.32. The standard InChI is InChI=1S/C26H33N7O/c1-34-22-9-7-19(8-10-22)23-16-29-25(27)31-24(23)20-6-5-13-32(17-20)18-21-11-12-28-26(30-21)33-14-3-2-4-15-33/h7-12,16,20H,2-6,13-15,17-18H2,1H3,(H2,27,29,31)/t20-/m1/s1. The van der Waals surface area contributed by atoms with E-state index in [2.05, 4.69) is 31.9 Å². The van der Waals surface area contributed by atoms with Crippen LogP contribution in [0.2, 0.25) is 0 Å². The number of hydrogen-bond donors (Lipinski definition) is 1. The summed E-state index contributed by atoms with van der Waals surface area (Å²) in [6, 6.07) is 10.1. The van der Waals surface area contributed by atoms with Crippen LogP contribution in [0.25, 0.3) is 11.1 Å². The summed E-state index contributed by atoms with van der Waals surface area (Å²) in [7, 11) is 1.68. The Morgan fingerprint density at radius 2 is 1.79 bits per heavy atom. The maximum absolute atomic E-state index is 6.03. The SMILES string of the molecule is COc1ccc(-c2cnc(N)nc2[C@@H]2CCCN(Cc3ccnc(N4CCCCC4)n3)C2)cc1. The smallest absolute Gasteiger partial charge is 0.225 e. The molecular weight excluding hydrogens is 426 g/mol. The van der Waals surface area contributed by atoms with Crippen LogP contribution in [-0.4, -0.2) is 58.1 Å². The molecule has 5 rings (SSSR count). The van der Waals surface area contributed by atoms with Gasteiger partial charge >= 0.3 is 0 Å². The van der Waals surface area contributed by atoms with Crippen molar-refractivity contribution in [2.24, 2.45) is 0 Å². The molecule has 2 N–H and O–H groups in total. The fourth-order valence-electron chi connectivity index (χ4n) is 5.08. The van der Waals surface area contributed by atoms with Gasteiger partial charge in [-0.05, 0) is 62.4 Å². The first-order valence-electron chi connectivity index (χ1n) is 12.3. The highest BCUT2D eigenvalue weighted by Gasteiger charge is 2.26. The number of hydrogen-bond acceptors (Lipinski definition) is 8. The molecule has 8 nitrogen and oxygen atoms in total. The first kappa shape index (κ1) is 22.5. The second kappa shape index (κ2) is 10.3. The van der Waals surface area contributed by atoms with E-state index in [1.807, 2.05) is 30.6 Å². The van der Waals surface area contributed by atoms with Crippen LogP contribution in [0, 0.1) is 0 Å². The number of methoxy groups -OCH3 is 1.